The normalized spacial score (nSPS) is 47.2. The Morgan fingerprint density at radius 2 is 0.860 bits per heavy atom. The number of aliphatic carboxylic acids is 1. The standard InChI is InChI=1S/C51H85N3O39/c1-12(61)52-23-15(64)4-51(50(79)80,92-39(23)26(66)16(65)5-55)93-41-30(70)20(9-59)84-47(37(41)77)88-38-21(10-60)87-46(25(33(38)73)54-14(3)63)91-43-35(75)29(69)19(8-58)86-49(43)89-40-31(71)22(82-44(78)36(40)76)11-81-48-42(34(74)28(68)18(7-57)85-48)90-45-24(53-13(2)62)32(72)27(67)17(6-56)83-45/h15-49,55-60,64-78H,4-11H2,1-3H3,(H,52,61)(H,53,62)(H,54,63)(H,79,80)/t15-,16+,17+,18+,19+,20+,21+,22+,23+,24+,25+,26+,27+,28+,29+,30-,31+,32+,33+,34-,35-,36-,37+,38+,39+,40-,41-,42-,43-,44-,45-,46-,47-,48-,49+,51-/m0/s1. The highest BCUT2D eigenvalue weighted by Gasteiger charge is 2.62. The zero-order valence-electron chi connectivity index (χ0n) is 49.6. The van der Waals surface area contributed by atoms with Crippen molar-refractivity contribution in [2.24, 2.45) is 0 Å². The third-order valence-corrected chi connectivity index (χ3v) is 16.7. The van der Waals surface area contributed by atoms with Crippen LogP contribution in [0.3, 0.4) is 0 Å². The molecule has 7 saturated heterocycles. The van der Waals surface area contributed by atoms with Gasteiger partial charge in [-0.25, -0.2) is 4.79 Å². The molecule has 7 heterocycles. The number of hydrogen-bond acceptors (Lipinski definition) is 38. The highest BCUT2D eigenvalue weighted by molar-refractivity contribution is 5.77. The van der Waals surface area contributed by atoms with Gasteiger partial charge in [-0.15, -0.1) is 0 Å². The van der Waals surface area contributed by atoms with E-state index in [1.165, 1.54) is 0 Å². The molecule has 7 rings (SSSR count). The van der Waals surface area contributed by atoms with E-state index in [-0.39, 0.29) is 0 Å². The second-order valence-corrected chi connectivity index (χ2v) is 23.2. The minimum absolute atomic E-state index is 0.782. The van der Waals surface area contributed by atoms with Crippen molar-refractivity contribution in [1.82, 2.24) is 16.0 Å². The molecule has 42 nitrogen and oxygen atoms in total. The number of aliphatic hydroxyl groups excluding tert-OH is 21. The van der Waals surface area contributed by atoms with Crippen LogP contribution in [-0.2, 0) is 80.8 Å². The van der Waals surface area contributed by atoms with E-state index in [0.29, 0.717) is 0 Å². The van der Waals surface area contributed by atoms with Gasteiger partial charge in [-0.1, -0.05) is 0 Å². The maximum Gasteiger partial charge on any atom is 0.364 e. The molecule has 7 fully saturated rings. The molecule has 3 amide bonds. The number of aliphatic hydroxyl groups is 21. The van der Waals surface area contributed by atoms with Crippen molar-refractivity contribution in [3.63, 3.8) is 0 Å². The monoisotopic (exact) mass is 1360 g/mol. The number of amides is 3. The Hall–Kier alpha value is -3.48. The molecule has 0 aromatic rings. The predicted octanol–water partition coefficient (Wildman–Crippen LogP) is -16.6. The van der Waals surface area contributed by atoms with Gasteiger partial charge in [-0.3, -0.25) is 14.4 Å². The average molecular weight is 1360 g/mol. The molecule has 0 spiro atoms. The van der Waals surface area contributed by atoms with Crippen LogP contribution in [0.4, 0.5) is 0 Å². The molecule has 0 aromatic heterocycles. The van der Waals surface area contributed by atoms with Gasteiger partial charge in [0.05, 0.1) is 58.4 Å². The molecule has 0 unspecified atom stereocenters. The van der Waals surface area contributed by atoms with Gasteiger partial charge >= 0.3 is 5.97 Å². The molecule has 0 aliphatic carbocycles. The number of carbonyl (C=O) groups excluding carboxylic acids is 3. The summed E-state index contributed by atoms with van der Waals surface area (Å²) in [5.41, 5.74) is 0. The average Bonchev–Trinajstić information content (AvgIpc) is 0.765. The summed E-state index contributed by atoms with van der Waals surface area (Å²) in [5, 5.41) is 246. The largest absolute Gasteiger partial charge is 0.477 e. The second-order valence-electron chi connectivity index (χ2n) is 23.2. The highest BCUT2D eigenvalue weighted by Crippen LogP contribution is 2.40. The van der Waals surface area contributed by atoms with Gasteiger partial charge in [0, 0.05) is 27.2 Å². The lowest BCUT2D eigenvalue weighted by atomic mass is 9.88. The summed E-state index contributed by atoms with van der Waals surface area (Å²) in [5.74, 6) is -7.95. The number of carboxylic acids is 1. The molecule has 36 atom stereocenters. The van der Waals surface area contributed by atoms with Gasteiger partial charge in [-0.2, -0.15) is 0 Å². The van der Waals surface area contributed by atoms with E-state index in [9.17, 15) is 132 Å². The molecule has 538 valence electrons. The van der Waals surface area contributed by atoms with Crippen molar-refractivity contribution in [3.05, 3.63) is 0 Å². The number of ether oxygens (including phenoxy) is 13. The van der Waals surface area contributed by atoms with Gasteiger partial charge in [0.25, 0.3) is 5.79 Å². The van der Waals surface area contributed by atoms with Crippen molar-refractivity contribution >= 4 is 23.7 Å². The second kappa shape index (κ2) is 32.9. The van der Waals surface area contributed by atoms with Crippen molar-refractivity contribution in [3.8, 4) is 0 Å². The Balaban J connectivity index is 1.11. The first kappa shape index (κ1) is 76.9. The van der Waals surface area contributed by atoms with E-state index in [2.05, 4.69) is 16.0 Å². The fourth-order valence-corrected chi connectivity index (χ4v) is 11.8. The topological polar surface area (TPSA) is 669 Å². The Bertz CT molecular complexity index is 2420. The molecule has 0 aromatic carbocycles. The lowest BCUT2D eigenvalue weighted by Crippen LogP contribution is -2.71. The summed E-state index contributed by atoms with van der Waals surface area (Å²) in [6.45, 7) is -4.56. The number of carboxylic acid groups (broad SMARTS) is 1. The van der Waals surface area contributed by atoms with Crippen molar-refractivity contribution in [2.45, 2.75) is 248 Å². The first-order chi connectivity index (χ1) is 43.8. The molecule has 25 N–H and O–H groups in total. The van der Waals surface area contributed by atoms with E-state index in [1.807, 2.05) is 0 Å². The number of rotatable bonds is 25. The van der Waals surface area contributed by atoms with Crippen LogP contribution in [0.25, 0.3) is 0 Å². The SMILES string of the molecule is CC(=O)N[C@H]1[C@H](O[C@@H]2[C@@H](O[C@@H]3[C@H](O)[C@@H](O)O[C@H](CO[C@H]4O[C@H](CO)[C@@H](O)[C@H](O)[C@@H]4O[C@@H]4O[C@H](CO)[C@@H](O)[C@H](O)[C@H]4NC(C)=O)[C@H]3O)O[C@H](CO)[C@@H](O)[C@@H]2O)O[C@H](CO)[C@@H](O[C@@H]2O[C@H](CO)[C@H](O)[C@H](O[C@]3(C(=O)O)C[C@H](O)[C@@H](NC(C)=O)[C@H]([C@H](O)[C@H](O)CO)O3)[C@H]2O)[C@@H]1O. The first-order valence-electron chi connectivity index (χ1n) is 29.2. The fraction of sp³-hybridized carbons (Fsp3) is 0.922. The molecular formula is C51H85N3O39. The minimum atomic E-state index is -3.24. The fourth-order valence-electron chi connectivity index (χ4n) is 11.8. The van der Waals surface area contributed by atoms with Crippen LogP contribution in [0.2, 0.25) is 0 Å². The highest BCUT2D eigenvalue weighted by atomic mass is 16.8. The third kappa shape index (κ3) is 16.8. The van der Waals surface area contributed by atoms with Crippen LogP contribution in [0.5, 0.6) is 0 Å². The Morgan fingerprint density at radius 1 is 0.441 bits per heavy atom. The lowest BCUT2D eigenvalue weighted by Gasteiger charge is -2.51. The molecular weight excluding hydrogens is 1280 g/mol. The van der Waals surface area contributed by atoms with Gasteiger partial charge in [0.15, 0.2) is 37.7 Å². The van der Waals surface area contributed by atoms with Crippen molar-refractivity contribution in [1.29, 1.82) is 0 Å². The summed E-state index contributed by atoms with van der Waals surface area (Å²) < 4.78 is 74.8. The minimum Gasteiger partial charge on any atom is -0.477 e. The van der Waals surface area contributed by atoms with Crippen molar-refractivity contribution < 1.29 is 193 Å². The third-order valence-electron chi connectivity index (χ3n) is 16.7. The summed E-state index contributed by atoms with van der Waals surface area (Å²) in [7, 11) is 0. The van der Waals surface area contributed by atoms with Gasteiger partial charge < -0.3 is 190 Å². The molecule has 0 radical (unpaired) electrons. The molecule has 7 aliphatic rings. The van der Waals surface area contributed by atoms with Crippen LogP contribution in [0, 0.1) is 0 Å². The quantitative estimate of drug-likeness (QED) is 0.0404. The number of nitrogens with one attached hydrogen (secondary N) is 3. The van der Waals surface area contributed by atoms with E-state index >= 15 is 0 Å². The molecule has 7 aliphatic heterocycles. The smallest absolute Gasteiger partial charge is 0.364 e. The Morgan fingerprint density at radius 3 is 1.37 bits per heavy atom. The van der Waals surface area contributed by atoms with Gasteiger partial charge in [-0.05, 0) is 0 Å². The van der Waals surface area contributed by atoms with E-state index < -0.39 is 297 Å². The first-order valence-corrected chi connectivity index (χ1v) is 29.2. The molecule has 0 bridgehead atoms. The summed E-state index contributed by atoms with van der Waals surface area (Å²) in [6, 6.07) is -5.30. The van der Waals surface area contributed by atoms with Crippen LogP contribution in [-0.4, -0.2) is 403 Å². The maximum absolute atomic E-state index is 13.1. The van der Waals surface area contributed by atoms with Crippen LogP contribution in [0.15, 0.2) is 0 Å². The zero-order valence-corrected chi connectivity index (χ0v) is 49.6. The molecule has 0 saturated carbocycles. The molecule has 93 heavy (non-hydrogen) atoms. The van der Waals surface area contributed by atoms with Crippen LogP contribution < -0.4 is 16.0 Å². The van der Waals surface area contributed by atoms with Gasteiger partial charge in [0.1, 0.15) is 165 Å². The summed E-state index contributed by atoms with van der Waals surface area (Å²) >= 11 is 0. The zero-order chi connectivity index (χ0) is 69.0. The van der Waals surface area contributed by atoms with Crippen LogP contribution in [0.1, 0.15) is 27.2 Å². The lowest BCUT2D eigenvalue weighted by molar-refractivity contribution is -0.395. The van der Waals surface area contributed by atoms with E-state index in [0.717, 1.165) is 20.8 Å². The Labute approximate surface area is 525 Å². The number of carbonyl (C=O) groups is 4. The van der Waals surface area contributed by atoms with E-state index in [4.69, 9.17) is 61.6 Å². The van der Waals surface area contributed by atoms with Crippen LogP contribution >= 0.6 is 0 Å². The van der Waals surface area contributed by atoms with E-state index in [1.54, 1.807) is 0 Å². The maximum atomic E-state index is 13.1. The molecule has 42 heteroatoms. The summed E-state index contributed by atoms with van der Waals surface area (Å²) in [6.07, 6.45) is -67.6. The summed E-state index contributed by atoms with van der Waals surface area (Å²) in [4.78, 5) is 50.2. The van der Waals surface area contributed by atoms with Gasteiger partial charge in [0.2, 0.25) is 17.7 Å². The van der Waals surface area contributed by atoms with Crippen molar-refractivity contribution in [2.75, 3.05) is 46.2 Å². The Kier molecular flexibility index (Phi) is 27.2. The predicted molar refractivity (Wildman–Crippen MR) is 284 cm³/mol. The number of hydrogen-bond donors (Lipinski definition) is 25.